The molecule has 2 aromatic carbocycles. The zero-order valence-corrected chi connectivity index (χ0v) is 17.5. The second-order valence-corrected chi connectivity index (χ2v) is 8.65. The lowest BCUT2D eigenvalue weighted by Crippen LogP contribution is -2.38. The molecule has 0 bridgehead atoms. The van der Waals surface area contributed by atoms with Gasteiger partial charge in [0.2, 0.25) is 5.60 Å². The highest BCUT2D eigenvalue weighted by Crippen LogP contribution is 2.32. The van der Waals surface area contributed by atoms with Gasteiger partial charge in [0.1, 0.15) is 0 Å². The zero-order chi connectivity index (χ0) is 20.9. The Morgan fingerprint density at radius 1 is 1.03 bits per heavy atom. The number of hydrogen-bond acceptors (Lipinski definition) is 5. The van der Waals surface area contributed by atoms with E-state index in [9.17, 15) is 4.79 Å². The van der Waals surface area contributed by atoms with E-state index in [2.05, 4.69) is 10.3 Å². The van der Waals surface area contributed by atoms with Crippen LogP contribution in [0.25, 0.3) is 0 Å². The minimum Gasteiger partial charge on any atom is -0.377 e. The van der Waals surface area contributed by atoms with Crippen molar-refractivity contribution in [2.75, 3.05) is 0 Å². The molecule has 152 valence electrons. The minimum absolute atomic E-state index is 0.160. The van der Waals surface area contributed by atoms with Crippen LogP contribution >= 0.6 is 0 Å². The van der Waals surface area contributed by atoms with Gasteiger partial charge in [-0.15, -0.1) is 0 Å². The third kappa shape index (κ3) is 5.53. The van der Waals surface area contributed by atoms with Crippen LogP contribution in [-0.2, 0) is 27.3 Å². The monoisotopic (exact) mass is 392 g/mol. The maximum absolute atomic E-state index is 12.7. The molecule has 0 radical (unpaired) electrons. The first-order valence-electron chi connectivity index (χ1n) is 9.87. The standard InChI is InChI=1S/C24H28N2O3/c1-23(2,3)21-17-24(4,29-26-21)22(27)28-25-20(15-18-11-7-5-8-12-18)16-19-13-9-6-10-14-19/h5-14H,15-17H2,1-4H3. The molecule has 3 rings (SSSR count). The molecule has 0 amide bonds. The summed E-state index contributed by atoms with van der Waals surface area (Å²) in [6, 6.07) is 20.0. The Hall–Kier alpha value is -2.95. The topological polar surface area (TPSA) is 60.2 Å². The summed E-state index contributed by atoms with van der Waals surface area (Å²) in [4.78, 5) is 23.5. The van der Waals surface area contributed by atoms with Crippen molar-refractivity contribution >= 4 is 17.4 Å². The maximum Gasteiger partial charge on any atom is 0.381 e. The Morgan fingerprint density at radius 3 is 2.00 bits per heavy atom. The van der Waals surface area contributed by atoms with E-state index in [4.69, 9.17) is 9.68 Å². The van der Waals surface area contributed by atoms with Gasteiger partial charge in [-0.2, -0.15) is 0 Å². The van der Waals surface area contributed by atoms with Crippen LogP contribution in [0.2, 0.25) is 0 Å². The Kier molecular flexibility index (Phi) is 6.16. The van der Waals surface area contributed by atoms with E-state index in [1.807, 2.05) is 81.4 Å². The molecule has 1 atom stereocenters. The second-order valence-electron chi connectivity index (χ2n) is 8.65. The molecule has 1 unspecified atom stereocenters. The predicted octanol–water partition coefficient (Wildman–Crippen LogP) is 4.95. The molecule has 0 fully saturated rings. The van der Waals surface area contributed by atoms with Crippen molar-refractivity contribution in [2.45, 2.75) is 52.6 Å². The quantitative estimate of drug-likeness (QED) is 0.397. The number of carbonyl (C=O) groups is 1. The summed E-state index contributed by atoms with van der Waals surface area (Å²) in [5.41, 5.74) is 2.54. The first-order valence-corrected chi connectivity index (χ1v) is 9.87. The minimum atomic E-state index is -1.14. The van der Waals surface area contributed by atoms with Crippen LogP contribution in [0.1, 0.15) is 45.2 Å². The predicted molar refractivity (Wildman–Crippen MR) is 115 cm³/mol. The van der Waals surface area contributed by atoms with Gasteiger partial charge in [0.25, 0.3) is 0 Å². The molecule has 0 N–H and O–H groups in total. The number of rotatable bonds is 6. The van der Waals surface area contributed by atoms with Crippen molar-refractivity contribution in [3.8, 4) is 0 Å². The van der Waals surface area contributed by atoms with E-state index in [0.29, 0.717) is 19.3 Å². The third-order valence-corrected chi connectivity index (χ3v) is 4.92. The largest absolute Gasteiger partial charge is 0.381 e. The van der Waals surface area contributed by atoms with E-state index >= 15 is 0 Å². The van der Waals surface area contributed by atoms with Crippen LogP contribution in [-0.4, -0.2) is 23.0 Å². The van der Waals surface area contributed by atoms with Crippen LogP contribution in [0, 0.1) is 5.41 Å². The highest BCUT2D eigenvalue weighted by molar-refractivity contribution is 5.96. The molecular weight excluding hydrogens is 364 g/mol. The van der Waals surface area contributed by atoms with E-state index < -0.39 is 11.6 Å². The van der Waals surface area contributed by atoms with Crippen molar-refractivity contribution in [3.63, 3.8) is 0 Å². The lowest BCUT2D eigenvalue weighted by atomic mass is 9.84. The SMILES string of the molecule is CC(C)(C)C1=NOC(C)(C(=O)ON=C(Cc2ccccc2)Cc2ccccc2)C1. The molecule has 0 aromatic heterocycles. The fourth-order valence-electron chi connectivity index (χ4n) is 3.04. The molecule has 1 aliphatic heterocycles. The third-order valence-electron chi connectivity index (χ3n) is 4.92. The highest BCUT2D eigenvalue weighted by atomic mass is 16.7. The van der Waals surface area contributed by atoms with Gasteiger partial charge in [0.15, 0.2) is 0 Å². The molecule has 0 saturated heterocycles. The molecule has 5 heteroatoms. The summed E-state index contributed by atoms with van der Waals surface area (Å²) < 4.78 is 0. The summed E-state index contributed by atoms with van der Waals surface area (Å²) >= 11 is 0. The van der Waals surface area contributed by atoms with Crippen LogP contribution in [0.3, 0.4) is 0 Å². The van der Waals surface area contributed by atoms with Crippen LogP contribution in [0.4, 0.5) is 0 Å². The molecule has 29 heavy (non-hydrogen) atoms. The molecule has 0 saturated carbocycles. The molecule has 0 spiro atoms. The summed E-state index contributed by atoms with van der Waals surface area (Å²) in [7, 11) is 0. The van der Waals surface area contributed by atoms with Gasteiger partial charge in [-0.05, 0) is 18.1 Å². The van der Waals surface area contributed by atoms with E-state index in [-0.39, 0.29) is 5.41 Å². The van der Waals surface area contributed by atoms with Gasteiger partial charge in [-0.3, -0.25) is 0 Å². The normalized spacial score (nSPS) is 18.6. The fourth-order valence-corrected chi connectivity index (χ4v) is 3.04. The Balaban J connectivity index is 1.73. The molecular formula is C24H28N2O3. The number of carbonyl (C=O) groups excluding carboxylic acids is 1. The second kappa shape index (κ2) is 8.60. The molecule has 0 aliphatic carbocycles. The number of oxime groups is 2. The van der Waals surface area contributed by atoms with Gasteiger partial charge in [0, 0.05) is 24.7 Å². The van der Waals surface area contributed by atoms with Crippen molar-refractivity contribution in [3.05, 3.63) is 71.8 Å². The Morgan fingerprint density at radius 2 is 1.55 bits per heavy atom. The average Bonchev–Trinajstić information content (AvgIpc) is 3.11. The molecule has 2 aromatic rings. The van der Waals surface area contributed by atoms with E-state index in [1.54, 1.807) is 6.92 Å². The molecule has 1 heterocycles. The van der Waals surface area contributed by atoms with Crippen molar-refractivity contribution < 1.29 is 14.5 Å². The number of benzene rings is 2. The van der Waals surface area contributed by atoms with Gasteiger partial charge in [0.05, 0.1) is 11.4 Å². The number of nitrogens with zero attached hydrogens (tertiary/aromatic N) is 2. The van der Waals surface area contributed by atoms with E-state index in [1.165, 1.54) is 0 Å². The maximum atomic E-state index is 12.7. The Bertz CT molecular complexity index is 855. The highest BCUT2D eigenvalue weighted by Gasteiger charge is 2.46. The van der Waals surface area contributed by atoms with Gasteiger partial charge >= 0.3 is 5.97 Å². The summed E-state index contributed by atoms with van der Waals surface area (Å²) in [6.07, 6.45) is 1.60. The Labute approximate surface area is 172 Å². The average molecular weight is 392 g/mol. The smallest absolute Gasteiger partial charge is 0.377 e. The van der Waals surface area contributed by atoms with E-state index in [0.717, 1.165) is 22.6 Å². The lowest BCUT2D eigenvalue weighted by Gasteiger charge is -2.20. The van der Waals surface area contributed by atoms with Crippen LogP contribution < -0.4 is 0 Å². The first-order chi connectivity index (χ1) is 13.8. The van der Waals surface area contributed by atoms with Gasteiger partial charge < -0.3 is 9.68 Å². The van der Waals surface area contributed by atoms with Crippen molar-refractivity contribution in [1.82, 2.24) is 0 Å². The van der Waals surface area contributed by atoms with Crippen LogP contribution in [0.5, 0.6) is 0 Å². The van der Waals surface area contributed by atoms with Crippen molar-refractivity contribution in [2.24, 2.45) is 15.7 Å². The summed E-state index contributed by atoms with van der Waals surface area (Å²) in [6.45, 7) is 7.83. The fraction of sp³-hybridized carbons (Fsp3) is 0.375. The van der Waals surface area contributed by atoms with Gasteiger partial charge in [-0.25, -0.2) is 4.79 Å². The van der Waals surface area contributed by atoms with Crippen molar-refractivity contribution in [1.29, 1.82) is 0 Å². The lowest BCUT2D eigenvalue weighted by molar-refractivity contribution is -0.167. The first kappa shape index (κ1) is 20.8. The zero-order valence-electron chi connectivity index (χ0n) is 17.5. The molecule has 5 nitrogen and oxygen atoms in total. The van der Waals surface area contributed by atoms with Crippen LogP contribution in [0.15, 0.2) is 71.0 Å². The van der Waals surface area contributed by atoms with Gasteiger partial charge in [-0.1, -0.05) is 91.7 Å². The number of hydrogen-bond donors (Lipinski definition) is 0. The summed E-state index contributed by atoms with van der Waals surface area (Å²) in [5.74, 6) is -0.529. The molecule has 1 aliphatic rings. The summed E-state index contributed by atoms with van der Waals surface area (Å²) in [5, 5.41) is 8.34.